The second-order valence-electron chi connectivity index (χ2n) is 9.08. The molecule has 2 bridgehead atoms. The van der Waals surface area contributed by atoms with Crippen LogP contribution < -0.4 is 9.47 Å². The van der Waals surface area contributed by atoms with Gasteiger partial charge in [-0.15, -0.1) is 0 Å². The fourth-order valence-corrected chi connectivity index (χ4v) is 6.61. The van der Waals surface area contributed by atoms with E-state index >= 15 is 0 Å². The van der Waals surface area contributed by atoms with Crippen molar-refractivity contribution in [3.05, 3.63) is 23.3 Å². The van der Waals surface area contributed by atoms with E-state index in [4.69, 9.17) is 9.47 Å². The van der Waals surface area contributed by atoms with Crippen LogP contribution in [-0.2, 0) is 11.8 Å². The molecule has 1 saturated heterocycles. The van der Waals surface area contributed by atoms with E-state index in [0.29, 0.717) is 12.8 Å². The van der Waals surface area contributed by atoms with Gasteiger partial charge in [0.25, 0.3) is 0 Å². The predicted octanol–water partition coefficient (Wildman–Crippen LogP) is 1.62. The average molecular weight is 357 g/mol. The number of nitrogens with zero attached hydrogens (tertiary/aromatic N) is 1. The largest absolute Gasteiger partial charge is 0.493 e. The first-order chi connectivity index (χ1) is 12.6. The standard InChI is InChI=1S/C21H27NO4/c1-25-15-5-4-13-10-16-21(24)7-6-14(23)19-20(21,17(13)18(15)26-19)8-9-22(16)11-12-2-3-12/h4-5,12,14,16,19,23-24H,2-3,6-11H2,1H3/t14?,16-,19+,20+,21-/m0/s1. The second kappa shape index (κ2) is 4.94. The van der Waals surface area contributed by atoms with Crippen LogP contribution in [-0.4, -0.2) is 59.2 Å². The van der Waals surface area contributed by atoms with Crippen molar-refractivity contribution in [2.75, 3.05) is 20.2 Å². The first kappa shape index (κ1) is 15.7. The SMILES string of the molecule is COc1ccc2c3c1O[C@@H]1C(O)CC[C@]4(O)[C@H](C2)N(CC2CC2)CC[C@@]314. The number of aliphatic hydroxyl groups is 2. The van der Waals surface area contributed by atoms with Crippen molar-refractivity contribution in [2.45, 2.75) is 67.8 Å². The van der Waals surface area contributed by atoms with E-state index in [1.54, 1.807) is 7.11 Å². The predicted molar refractivity (Wildman–Crippen MR) is 95.7 cm³/mol. The average Bonchev–Trinajstić information content (AvgIpc) is 3.37. The van der Waals surface area contributed by atoms with Crippen molar-refractivity contribution in [2.24, 2.45) is 5.92 Å². The molecule has 1 spiro atoms. The molecule has 2 heterocycles. The van der Waals surface area contributed by atoms with Crippen LogP contribution in [0.5, 0.6) is 11.5 Å². The number of methoxy groups -OCH3 is 1. The number of ether oxygens (including phenoxy) is 2. The minimum Gasteiger partial charge on any atom is -0.493 e. The number of aliphatic hydroxyl groups excluding tert-OH is 1. The molecule has 5 atom stereocenters. The first-order valence-corrected chi connectivity index (χ1v) is 10.1. The third-order valence-electron chi connectivity index (χ3n) is 7.94. The van der Waals surface area contributed by atoms with Crippen LogP contribution >= 0.6 is 0 Å². The molecule has 1 aromatic carbocycles. The van der Waals surface area contributed by atoms with Gasteiger partial charge in [0.05, 0.1) is 24.2 Å². The van der Waals surface area contributed by atoms with Gasteiger partial charge in [-0.1, -0.05) is 6.07 Å². The highest BCUT2D eigenvalue weighted by molar-refractivity contribution is 5.62. The van der Waals surface area contributed by atoms with Crippen LogP contribution in [0.4, 0.5) is 0 Å². The van der Waals surface area contributed by atoms with Crippen LogP contribution in [0.2, 0.25) is 0 Å². The molecule has 2 aliphatic heterocycles. The summed E-state index contributed by atoms with van der Waals surface area (Å²) in [5.74, 6) is 2.30. The molecule has 6 rings (SSSR count). The maximum atomic E-state index is 12.1. The number of likely N-dealkylation sites (tertiary alicyclic amines) is 1. The molecule has 26 heavy (non-hydrogen) atoms. The van der Waals surface area contributed by atoms with Crippen molar-refractivity contribution in [3.63, 3.8) is 0 Å². The van der Waals surface area contributed by atoms with Crippen LogP contribution in [0.3, 0.4) is 0 Å². The first-order valence-electron chi connectivity index (χ1n) is 10.1. The van der Waals surface area contributed by atoms with Gasteiger partial charge >= 0.3 is 0 Å². The molecule has 3 fully saturated rings. The minimum atomic E-state index is -0.825. The van der Waals surface area contributed by atoms with Crippen LogP contribution in [0.25, 0.3) is 0 Å². The van der Waals surface area contributed by atoms with E-state index in [9.17, 15) is 10.2 Å². The summed E-state index contributed by atoms with van der Waals surface area (Å²) in [4.78, 5) is 2.54. The summed E-state index contributed by atoms with van der Waals surface area (Å²) >= 11 is 0. The lowest BCUT2D eigenvalue weighted by Gasteiger charge is -2.63. The highest BCUT2D eigenvalue weighted by Gasteiger charge is 2.72. The quantitative estimate of drug-likeness (QED) is 0.861. The fraction of sp³-hybridized carbons (Fsp3) is 0.714. The summed E-state index contributed by atoms with van der Waals surface area (Å²) in [7, 11) is 1.66. The van der Waals surface area contributed by atoms with Gasteiger partial charge in [0, 0.05) is 18.2 Å². The lowest BCUT2D eigenvalue weighted by atomic mass is 9.48. The Kier molecular flexibility index (Phi) is 2.99. The summed E-state index contributed by atoms with van der Waals surface area (Å²) in [6, 6.07) is 4.27. The van der Waals surface area contributed by atoms with E-state index in [2.05, 4.69) is 11.0 Å². The maximum Gasteiger partial charge on any atom is 0.166 e. The Morgan fingerprint density at radius 1 is 1.27 bits per heavy atom. The zero-order chi connectivity index (χ0) is 17.7. The number of piperidine rings is 1. The number of hydrogen-bond acceptors (Lipinski definition) is 5. The monoisotopic (exact) mass is 357 g/mol. The summed E-state index contributed by atoms with van der Waals surface area (Å²) in [5, 5.41) is 22.9. The molecule has 5 aliphatic rings. The van der Waals surface area contributed by atoms with Gasteiger partial charge in [-0.2, -0.15) is 0 Å². The van der Waals surface area contributed by atoms with Gasteiger partial charge in [-0.3, -0.25) is 4.90 Å². The Bertz CT molecular complexity index is 778. The van der Waals surface area contributed by atoms with E-state index in [-0.39, 0.29) is 12.1 Å². The lowest BCUT2D eigenvalue weighted by molar-refractivity contribution is -0.208. The van der Waals surface area contributed by atoms with Gasteiger partial charge in [-0.05, 0) is 62.6 Å². The van der Waals surface area contributed by atoms with Crippen LogP contribution in [0.15, 0.2) is 12.1 Å². The topological polar surface area (TPSA) is 62.2 Å². The summed E-state index contributed by atoms with van der Waals surface area (Å²) in [6.45, 7) is 2.08. The van der Waals surface area contributed by atoms with Gasteiger partial charge in [0.1, 0.15) is 6.10 Å². The van der Waals surface area contributed by atoms with E-state index in [1.165, 1.54) is 18.4 Å². The number of rotatable bonds is 3. The Morgan fingerprint density at radius 3 is 2.88 bits per heavy atom. The maximum absolute atomic E-state index is 12.1. The highest BCUT2D eigenvalue weighted by atomic mass is 16.5. The van der Waals surface area contributed by atoms with Crippen LogP contribution in [0.1, 0.15) is 43.2 Å². The third kappa shape index (κ3) is 1.68. The van der Waals surface area contributed by atoms with Gasteiger partial charge in [0.2, 0.25) is 0 Å². The van der Waals surface area contributed by atoms with E-state index in [0.717, 1.165) is 48.9 Å². The molecule has 0 radical (unpaired) electrons. The summed E-state index contributed by atoms with van der Waals surface area (Å²) in [5.41, 5.74) is 1.08. The molecule has 140 valence electrons. The Labute approximate surface area is 153 Å². The van der Waals surface area contributed by atoms with Gasteiger partial charge < -0.3 is 19.7 Å². The molecule has 5 heteroatoms. The minimum absolute atomic E-state index is 0.127. The molecular formula is C21H27NO4. The zero-order valence-electron chi connectivity index (χ0n) is 15.3. The van der Waals surface area contributed by atoms with Crippen molar-refractivity contribution in [1.82, 2.24) is 4.90 Å². The van der Waals surface area contributed by atoms with E-state index < -0.39 is 17.1 Å². The van der Waals surface area contributed by atoms with E-state index in [1.807, 2.05) is 6.07 Å². The lowest BCUT2D eigenvalue weighted by Crippen LogP contribution is -2.77. The molecule has 2 N–H and O–H groups in total. The normalized spacial score (nSPS) is 43.0. The molecular weight excluding hydrogens is 330 g/mol. The zero-order valence-corrected chi connectivity index (χ0v) is 15.3. The number of benzene rings is 1. The smallest absolute Gasteiger partial charge is 0.166 e. The molecule has 0 aromatic heterocycles. The third-order valence-corrected chi connectivity index (χ3v) is 7.94. The Balaban J connectivity index is 1.56. The molecule has 1 unspecified atom stereocenters. The van der Waals surface area contributed by atoms with Crippen molar-refractivity contribution in [1.29, 1.82) is 0 Å². The van der Waals surface area contributed by atoms with Gasteiger partial charge in [0.15, 0.2) is 11.5 Å². The molecule has 2 saturated carbocycles. The Morgan fingerprint density at radius 2 is 2.12 bits per heavy atom. The number of hydrogen-bond donors (Lipinski definition) is 2. The molecule has 0 amide bonds. The molecule has 1 aromatic rings. The summed E-state index contributed by atoms with van der Waals surface area (Å²) < 4.78 is 11.9. The van der Waals surface area contributed by atoms with Crippen molar-refractivity contribution < 1.29 is 19.7 Å². The molecule has 5 nitrogen and oxygen atoms in total. The summed E-state index contributed by atoms with van der Waals surface area (Å²) in [6.07, 6.45) is 4.72. The van der Waals surface area contributed by atoms with Crippen molar-refractivity contribution >= 4 is 0 Å². The molecule has 3 aliphatic carbocycles. The second-order valence-corrected chi connectivity index (χ2v) is 9.08. The highest BCUT2D eigenvalue weighted by Crippen LogP contribution is 2.65. The van der Waals surface area contributed by atoms with Crippen LogP contribution in [0, 0.1) is 5.92 Å². The van der Waals surface area contributed by atoms with Crippen molar-refractivity contribution in [3.8, 4) is 11.5 Å². The fourth-order valence-electron chi connectivity index (χ4n) is 6.61. The Hall–Kier alpha value is -1.30. The van der Waals surface area contributed by atoms with Gasteiger partial charge in [-0.25, -0.2) is 0 Å².